The molecule has 4 heteroatoms. The Labute approximate surface area is 107 Å². The first-order valence-corrected chi connectivity index (χ1v) is 6.41. The Kier molecular flexibility index (Phi) is 7.01. The smallest absolute Gasteiger partial charge is 0.138 e. The maximum atomic E-state index is 9.67. The van der Waals surface area contributed by atoms with Gasteiger partial charge in [0.05, 0.1) is 5.02 Å². The van der Waals surface area contributed by atoms with Gasteiger partial charge >= 0.3 is 0 Å². The van der Waals surface area contributed by atoms with Crippen molar-refractivity contribution >= 4 is 11.6 Å². The summed E-state index contributed by atoms with van der Waals surface area (Å²) in [6, 6.07) is 5.37. The van der Waals surface area contributed by atoms with Crippen LogP contribution in [-0.4, -0.2) is 23.4 Å². The van der Waals surface area contributed by atoms with Crippen molar-refractivity contribution in [3.8, 4) is 5.75 Å². The van der Waals surface area contributed by atoms with E-state index in [1.807, 2.05) is 12.1 Å². The van der Waals surface area contributed by atoms with E-state index in [0.717, 1.165) is 37.8 Å². The summed E-state index contributed by atoms with van der Waals surface area (Å²) in [4.78, 5) is 0. The largest absolute Gasteiger partial charge is 0.506 e. The summed E-state index contributed by atoms with van der Waals surface area (Å²) in [6.07, 6.45) is 4.16. The van der Waals surface area contributed by atoms with Crippen LogP contribution >= 0.6 is 11.6 Å². The van der Waals surface area contributed by atoms with Crippen molar-refractivity contribution in [2.75, 3.05) is 13.2 Å². The number of halogens is 1. The van der Waals surface area contributed by atoms with Gasteiger partial charge in [0.2, 0.25) is 0 Å². The molecule has 0 unspecified atom stereocenters. The van der Waals surface area contributed by atoms with Crippen LogP contribution in [0, 0.1) is 0 Å². The molecule has 0 spiro atoms. The molecule has 0 atom stereocenters. The van der Waals surface area contributed by atoms with Crippen LogP contribution in [-0.2, 0) is 6.54 Å². The molecular weight excluding hydrogens is 238 g/mol. The molecular formula is C13H20ClNO2. The average molecular weight is 258 g/mol. The van der Waals surface area contributed by atoms with Crippen LogP contribution < -0.4 is 5.32 Å². The highest BCUT2D eigenvalue weighted by molar-refractivity contribution is 6.32. The molecule has 0 saturated heterocycles. The van der Waals surface area contributed by atoms with Crippen LogP contribution in [0.25, 0.3) is 0 Å². The Hall–Kier alpha value is -0.770. The summed E-state index contributed by atoms with van der Waals surface area (Å²) in [5.74, 6) is 0.168. The van der Waals surface area contributed by atoms with Gasteiger partial charge in [-0.05, 0) is 25.5 Å². The first-order chi connectivity index (χ1) is 8.25. The Bertz CT molecular complexity index is 331. The molecule has 0 saturated carbocycles. The average Bonchev–Trinajstić information content (AvgIpc) is 2.33. The number of aliphatic hydroxyl groups is 1. The van der Waals surface area contributed by atoms with Crippen LogP contribution in [0.15, 0.2) is 18.2 Å². The number of unbranched alkanes of at least 4 members (excludes halogenated alkanes) is 3. The van der Waals surface area contributed by atoms with Gasteiger partial charge in [-0.15, -0.1) is 0 Å². The van der Waals surface area contributed by atoms with Gasteiger partial charge in [0.15, 0.2) is 0 Å². The number of nitrogens with one attached hydrogen (secondary N) is 1. The zero-order valence-electron chi connectivity index (χ0n) is 9.95. The van der Waals surface area contributed by atoms with Gasteiger partial charge in [0, 0.05) is 18.7 Å². The van der Waals surface area contributed by atoms with Gasteiger partial charge < -0.3 is 15.5 Å². The number of benzene rings is 1. The summed E-state index contributed by atoms with van der Waals surface area (Å²) < 4.78 is 0. The summed E-state index contributed by atoms with van der Waals surface area (Å²) >= 11 is 5.81. The first-order valence-electron chi connectivity index (χ1n) is 6.03. The minimum absolute atomic E-state index is 0.168. The van der Waals surface area contributed by atoms with Crippen LogP contribution in [0.5, 0.6) is 5.75 Å². The molecule has 0 aliphatic carbocycles. The maximum Gasteiger partial charge on any atom is 0.138 e. The third-order valence-electron chi connectivity index (χ3n) is 2.65. The van der Waals surface area contributed by atoms with E-state index in [-0.39, 0.29) is 12.4 Å². The molecule has 0 bridgehead atoms. The Morgan fingerprint density at radius 1 is 1.12 bits per heavy atom. The maximum absolute atomic E-state index is 9.67. The number of para-hydroxylation sites is 1. The lowest BCUT2D eigenvalue weighted by atomic mass is 10.2. The molecule has 0 heterocycles. The molecule has 0 fully saturated rings. The van der Waals surface area contributed by atoms with Crippen LogP contribution in [0.2, 0.25) is 5.02 Å². The van der Waals surface area contributed by atoms with E-state index >= 15 is 0 Å². The number of aromatic hydroxyl groups is 1. The Morgan fingerprint density at radius 2 is 1.88 bits per heavy atom. The van der Waals surface area contributed by atoms with E-state index in [4.69, 9.17) is 16.7 Å². The minimum Gasteiger partial charge on any atom is -0.506 e. The van der Waals surface area contributed by atoms with Crippen molar-refractivity contribution in [1.82, 2.24) is 5.32 Å². The summed E-state index contributed by atoms with van der Waals surface area (Å²) in [5.41, 5.74) is 0.827. The second-order valence-electron chi connectivity index (χ2n) is 4.06. The van der Waals surface area contributed by atoms with Crippen LogP contribution in [0.3, 0.4) is 0 Å². The van der Waals surface area contributed by atoms with E-state index in [1.165, 1.54) is 0 Å². The van der Waals surface area contributed by atoms with Crippen molar-refractivity contribution in [3.63, 3.8) is 0 Å². The topological polar surface area (TPSA) is 52.5 Å². The third kappa shape index (κ3) is 5.39. The lowest BCUT2D eigenvalue weighted by Gasteiger charge is -2.07. The molecule has 0 amide bonds. The zero-order chi connectivity index (χ0) is 12.5. The molecule has 3 nitrogen and oxygen atoms in total. The molecule has 3 N–H and O–H groups in total. The van der Waals surface area contributed by atoms with Crippen molar-refractivity contribution in [1.29, 1.82) is 0 Å². The normalized spacial score (nSPS) is 10.7. The quantitative estimate of drug-likeness (QED) is 0.628. The van der Waals surface area contributed by atoms with Gasteiger partial charge in [-0.3, -0.25) is 0 Å². The minimum atomic E-state index is 0.168. The number of rotatable bonds is 8. The number of phenolic OH excluding ortho intramolecular Hbond substituents is 1. The van der Waals surface area contributed by atoms with Crippen LogP contribution in [0.1, 0.15) is 31.2 Å². The molecule has 96 valence electrons. The van der Waals surface area contributed by atoms with Gasteiger partial charge in [-0.25, -0.2) is 0 Å². The first kappa shape index (κ1) is 14.3. The lowest BCUT2D eigenvalue weighted by molar-refractivity contribution is 0.282. The van der Waals surface area contributed by atoms with E-state index < -0.39 is 0 Å². The van der Waals surface area contributed by atoms with Gasteiger partial charge in [-0.1, -0.05) is 36.6 Å². The van der Waals surface area contributed by atoms with Crippen molar-refractivity contribution in [2.24, 2.45) is 0 Å². The molecule has 1 aromatic carbocycles. The fourth-order valence-corrected chi connectivity index (χ4v) is 1.84. The molecule has 0 aromatic heterocycles. The van der Waals surface area contributed by atoms with Gasteiger partial charge in [-0.2, -0.15) is 0 Å². The number of aliphatic hydroxyl groups excluding tert-OH is 1. The summed E-state index contributed by atoms with van der Waals surface area (Å²) in [7, 11) is 0. The van der Waals surface area contributed by atoms with E-state index in [0.29, 0.717) is 11.6 Å². The van der Waals surface area contributed by atoms with E-state index in [2.05, 4.69) is 5.32 Å². The van der Waals surface area contributed by atoms with E-state index in [9.17, 15) is 5.11 Å². The predicted molar refractivity (Wildman–Crippen MR) is 70.4 cm³/mol. The SMILES string of the molecule is OCCCCCCNCc1cccc(Cl)c1O. The summed E-state index contributed by atoms with van der Waals surface area (Å²) in [6.45, 7) is 1.83. The second kappa shape index (κ2) is 8.34. The summed E-state index contributed by atoms with van der Waals surface area (Å²) in [5, 5.41) is 21.9. The van der Waals surface area contributed by atoms with Crippen LogP contribution in [0.4, 0.5) is 0 Å². The number of phenols is 1. The predicted octanol–water partition coefficient (Wildman–Crippen LogP) is 2.69. The standard InChI is InChI=1S/C13H20ClNO2/c14-12-7-5-6-11(13(12)17)10-15-8-3-1-2-4-9-16/h5-7,15-17H,1-4,8-10H2. The Balaban J connectivity index is 2.16. The molecule has 1 aromatic rings. The second-order valence-corrected chi connectivity index (χ2v) is 4.47. The van der Waals surface area contributed by atoms with E-state index in [1.54, 1.807) is 6.07 Å². The van der Waals surface area contributed by atoms with Crippen molar-refractivity contribution in [2.45, 2.75) is 32.2 Å². The fraction of sp³-hybridized carbons (Fsp3) is 0.538. The molecule has 0 aliphatic heterocycles. The highest BCUT2D eigenvalue weighted by Gasteiger charge is 2.03. The fourth-order valence-electron chi connectivity index (χ4n) is 1.64. The number of hydrogen-bond acceptors (Lipinski definition) is 3. The highest BCUT2D eigenvalue weighted by atomic mass is 35.5. The molecule has 0 aliphatic rings. The lowest BCUT2D eigenvalue weighted by Crippen LogP contribution is -2.14. The monoisotopic (exact) mass is 257 g/mol. The molecule has 0 radical (unpaired) electrons. The number of hydrogen-bond donors (Lipinski definition) is 3. The Morgan fingerprint density at radius 3 is 2.65 bits per heavy atom. The zero-order valence-corrected chi connectivity index (χ0v) is 10.7. The molecule has 17 heavy (non-hydrogen) atoms. The van der Waals surface area contributed by atoms with Crippen molar-refractivity contribution < 1.29 is 10.2 Å². The third-order valence-corrected chi connectivity index (χ3v) is 2.95. The van der Waals surface area contributed by atoms with Gasteiger partial charge in [0.25, 0.3) is 0 Å². The van der Waals surface area contributed by atoms with Gasteiger partial charge in [0.1, 0.15) is 5.75 Å². The van der Waals surface area contributed by atoms with Crippen molar-refractivity contribution in [3.05, 3.63) is 28.8 Å². The molecule has 1 rings (SSSR count). The highest BCUT2D eigenvalue weighted by Crippen LogP contribution is 2.26.